The molecule has 1 amide bonds. The van der Waals surface area contributed by atoms with Crippen LogP contribution in [0.5, 0.6) is 0 Å². The molecule has 3 aromatic heterocycles. The fourth-order valence-corrected chi connectivity index (χ4v) is 4.14. The van der Waals surface area contributed by atoms with Crippen molar-refractivity contribution in [2.75, 3.05) is 30.7 Å². The Hall–Kier alpha value is -3.04. The summed E-state index contributed by atoms with van der Waals surface area (Å²) in [7, 11) is 0. The van der Waals surface area contributed by atoms with E-state index in [2.05, 4.69) is 27.2 Å². The van der Waals surface area contributed by atoms with Gasteiger partial charge in [0.15, 0.2) is 5.13 Å². The van der Waals surface area contributed by atoms with Crippen molar-refractivity contribution in [2.45, 2.75) is 26.9 Å². The van der Waals surface area contributed by atoms with E-state index in [0.29, 0.717) is 31.1 Å². The van der Waals surface area contributed by atoms with Crippen molar-refractivity contribution in [1.29, 1.82) is 0 Å². The maximum Gasteiger partial charge on any atom is 0.255 e. The van der Waals surface area contributed by atoms with E-state index < -0.39 is 0 Å². The second kappa shape index (κ2) is 8.37. The van der Waals surface area contributed by atoms with Gasteiger partial charge in [-0.2, -0.15) is 0 Å². The molecule has 0 saturated carbocycles. The molecule has 1 aliphatic heterocycles. The van der Waals surface area contributed by atoms with Crippen LogP contribution in [-0.2, 0) is 4.74 Å². The SMILES string of the molecule is Cc1cc(Nc2nc(C)c(C)s2)cc(C2CN(C(=O)c3ccc(N)nc3)CCO2)n1. The van der Waals surface area contributed by atoms with E-state index in [1.54, 1.807) is 28.4 Å². The lowest BCUT2D eigenvalue weighted by atomic mass is 10.1. The Labute approximate surface area is 179 Å². The smallest absolute Gasteiger partial charge is 0.255 e. The molecule has 8 nitrogen and oxygen atoms in total. The van der Waals surface area contributed by atoms with Crippen LogP contribution >= 0.6 is 11.3 Å². The van der Waals surface area contributed by atoms with E-state index >= 15 is 0 Å². The second-order valence-corrected chi connectivity index (χ2v) is 8.49. The Kier molecular flexibility index (Phi) is 5.65. The monoisotopic (exact) mass is 424 g/mol. The zero-order chi connectivity index (χ0) is 21.3. The molecule has 9 heteroatoms. The Balaban J connectivity index is 1.52. The molecule has 1 fully saturated rings. The zero-order valence-corrected chi connectivity index (χ0v) is 18.0. The summed E-state index contributed by atoms with van der Waals surface area (Å²) in [6, 6.07) is 7.26. The van der Waals surface area contributed by atoms with Gasteiger partial charge in [-0.1, -0.05) is 0 Å². The van der Waals surface area contributed by atoms with Crippen LogP contribution in [0.4, 0.5) is 16.6 Å². The highest BCUT2D eigenvalue weighted by molar-refractivity contribution is 7.15. The lowest BCUT2D eigenvalue weighted by Gasteiger charge is -2.33. The predicted octanol–water partition coefficient (Wildman–Crippen LogP) is 3.40. The van der Waals surface area contributed by atoms with Crippen LogP contribution in [-0.4, -0.2) is 45.5 Å². The summed E-state index contributed by atoms with van der Waals surface area (Å²) in [6.07, 6.45) is 1.21. The minimum atomic E-state index is -0.301. The van der Waals surface area contributed by atoms with Crippen LogP contribution in [0.3, 0.4) is 0 Å². The number of nitrogens with two attached hydrogens (primary N) is 1. The number of nitrogens with zero attached hydrogens (tertiary/aromatic N) is 4. The first-order valence-corrected chi connectivity index (χ1v) is 10.5. The number of thiazole rings is 1. The van der Waals surface area contributed by atoms with Crippen LogP contribution in [0, 0.1) is 20.8 Å². The zero-order valence-electron chi connectivity index (χ0n) is 17.2. The molecule has 0 aliphatic carbocycles. The van der Waals surface area contributed by atoms with Gasteiger partial charge >= 0.3 is 0 Å². The van der Waals surface area contributed by atoms with Crippen LogP contribution in [0.15, 0.2) is 30.5 Å². The molecule has 1 unspecified atom stereocenters. The minimum absolute atomic E-state index is 0.0875. The first-order chi connectivity index (χ1) is 14.4. The van der Waals surface area contributed by atoms with Gasteiger partial charge in [-0.25, -0.2) is 9.97 Å². The van der Waals surface area contributed by atoms with Crippen molar-refractivity contribution in [3.63, 3.8) is 0 Å². The number of aryl methyl sites for hydroxylation is 3. The van der Waals surface area contributed by atoms with Gasteiger partial charge in [0.25, 0.3) is 5.91 Å². The highest BCUT2D eigenvalue weighted by Crippen LogP contribution is 2.28. The molecule has 156 valence electrons. The molecule has 3 N–H and O–H groups in total. The summed E-state index contributed by atoms with van der Waals surface area (Å²) in [6.45, 7) is 7.39. The highest BCUT2D eigenvalue weighted by Gasteiger charge is 2.27. The van der Waals surface area contributed by atoms with Crippen LogP contribution in [0.25, 0.3) is 0 Å². The van der Waals surface area contributed by atoms with Crippen molar-refractivity contribution in [3.8, 4) is 0 Å². The molecule has 0 aromatic carbocycles. The molecule has 30 heavy (non-hydrogen) atoms. The molecule has 0 radical (unpaired) electrons. The summed E-state index contributed by atoms with van der Waals surface area (Å²) >= 11 is 1.62. The Morgan fingerprint density at radius 3 is 2.80 bits per heavy atom. The molecule has 1 atom stereocenters. The molecule has 1 saturated heterocycles. The maximum atomic E-state index is 12.8. The summed E-state index contributed by atoms with van der Waals surface area (Å²) in [4.78, 5) is 29.0. The van der Waals surface area contributed by atoms with Gasteiger partial charge in [-0.3, -0.25) is 9.78 Å². The first kappa shape index (κ1) is 20.2. The minimum Gasteiger partial charge on any atom is -0.384 e. The molecule has 4 rings (SSSR count). The van der Waals surface area contributed by atoms with E-state index in [4.69, 9.17) is 10.5 Å². The predicted molar refractivity (Wildman–Crippen MR) is 117 cm³/mol. The fourth-order valence-electron chi connectivity index (χ4n) is 3.31. The molecular weight excluding hydrogens is 400 g/mol. The van der Waals surface area contributed by atoms with Crippen molar-refractivity contribution < 1.29 is 9.53 Å². The second-order valence-electron chi connectivity index (χ2n) is 7.29. The number of nitrogen functional groups attached to an aromatic ring is 1. The number of aromatic nitrogens is 3. The number of pyridine rings is 2. The van der Waals surface area contributed by atoms with E-state index in [1.807, 2.05) is 26.0 Å². The van der Waals surface area contributed by atoms with Gasteiger partial charge in [0.1, 0.15) is 11.9 Å². The first-order valence-electron chi connectivity index (χ1n) is 9.71. The third-order valence-electron chi connectivity index (χ3n) is 4.97. The highest BCUT2D eigenvalue weighted by atomic mass is 32.1. The van der Waals surface area contributed by atoms with Gasteiger partial charge in [0, 0.05) is 29.0 Å². The van der Waals surface area contributed by atoms with E-state index in [-0.39, 0.29) is 12.0 Å². The lowest BCUT2D eigenvalue weighted by Crippen LogP contribution is -2.42. The molecule has 0 spiro atoms. The van der Waals surface area contributed by atoms with E-state index in [9.17, 15) is 4.79 Å². The number of amides is 1. The average molecular weight is 425 g/mol. The Morgan fingerprint density at radius 2 is 2.10 bits per heavy atom. The van der Waals surface area contributed by atoms with Crippen LogP contribution < -0.4 is 11.1 Å². The maximum absolute atomic E-state index is 12.8. The van der Waals surface area contributed by atoms with Gasteiger partial charge in [0.05, 0.1) is 30.1 Å². The summed E-state index contributed by atoms with van der Waals surface area (Å²) < 4.78 is 5.95. The number of nitrogens with one attached hydrogen (secondary N) is 1. The number of carbonyl (C=O) groups excluding carboxylic acids is 1. The van der Waals surface area contributed by atoms with Crippen molar-refractivity contribution in [1.82, 2.24) is 19.9 Å². The fraction of sp³-hybridized carbons (Fsp3) is 0.333. The van der Waals surface area contributed by atoms with Gasteiger partial charge in [0.2, 0.25) is 0 Å². The van der Waals surface area contributed by atoms with Gasteiger partial charge in [-0.15, -0.1) is 11.3 Å². The van der Waals surface area contributed by atoms with Crippen molar-refractivity contribution in [2.24, 2.45) is 0 Å². The third kappa shape index (κ3) is 4.42. The number of hydrogen-bond acceptors (Lipinski definition) is 8. The van der Waals surface area contributed by atoms with Crippen molar-refractivity contribution >= 4 is 33.9 Å². The number of rotatable bonds is 4. The third-order valence-corrected chi connectivity index (χ3v) is 5.96. The number of carbonyl (C=O) groups is 1. The van der Waals surface area contributed by atoms with Crippen LogP contribution in [0.1, 0.15) is 38.4 Å². The average Bonchev–Trinajstić information content (AvgIpc) is 3.04. The summed E-state index contributed by atoms with van der Waals surface area (Å²) in [5.41, 5.74) is 9.72. The van der Waals surface area contributed by atoms with Crippen LogP contribution in [0.2, 0.25) is 0 Å². The summed E-state index contributed by atoms with van der Waals surface area (Å²) in [5.74, 6) is 0.302. The number of ether oxygens (including phenoxy) is 1. The van der Waals surface area contributed by atoms with E-state index in [0.717, 1.165) is 27.9 Å². The summed E-state index contributed by atoms with van der Waals surface area (Å²) in [5, 5.41) is 4.21. The lowest BCUT2D eigenvalue weighted by molar-refractivity contribution is -0.0247. The normalized spacial score (nSPS) is 16.5. The van der Waals surface area contributed by atoms with E-state index in [1.165, 1.54) is 11.1 Å². The molecule has 4 heterocycles. The largest absolute Gasteiger partial charge is 0.384 e. The number of morpholine rings is 1. The Bertz CT molecular complexity index is 1050. The molecular formula is C21H24N6O2S. The quantitative estimate of drug-likeness (QED) is 0.661. The van der Waals surface area contributed by atoms with Gasteiger partial charge in [-0.05, 0) is 45.0 Å². The molecule has 1 aliphatic rings. The number of hydrogen-bond donors (Lipinski definition) is 2. The Morgan fingerprint density at radius 1 is 1.27 bits per heavy atom. The molecule has 0 bridgehead atoms. The van der Waals surface area contributed by atoms with Crippen molar-refractivity contribution in [3.05, 3.63) is 58.0 Å². The topological polar surface area (TPSA) is 106 Å². The number of anilines is 3. The van der Waals surface area contributed by atoms with Gasteiger partial charge < -0.3 is 20.7 Å². The standard InChI is InChI=1S/C21H24N6O2S/c1-12-8-16(26-21-25-13(2)14(3)30-21)9-17(24-12)18-11-27(6-7-29-18)20(28)15-4-5-19(22)23-10-15/h4-5,8-10,18H,6-7,11H2,1-3H3,(H2,22,23)(H,24,25,26). The molecule has 3 aromatic rings.